The van der Waals surface area contributed by atoms with E-state index in [1.54, 1.807) is 11.8 Å². The number of nitrogens with one attached hydrogen (secondary N) is 1. The molecule has 0 bridgehead atoms. The summed E-state index contributed by atoms with van der Waals surface area (Å²) >= 11 is 3.00. The number of anilines is 1. The van der Waals surface area contributed by atoms with Crippen LogP contribution in [-0.4, -0.2) is 39.9 Å². The van der Waals surface area contributed by atoms with Crippen LogP contribution >= 0.6 is 23.1 Å². The van der Waals surface area contributed by atoms with Gasteiger partial charge in [0.1, 0.15) is 5.56 Å². The molecule has 1 N–H and O–H groups in total. The predicted molar refractivity (Wildman–Crippen MR) is 110 cm³/mol. The maximum Gasteiger partial charge on any atom is 0.288 e. The SMILES string of the molecule is CCN(CC)c1nn2c(=O)c(C(=O)NCc3ccc(SC)cc3)cnc2s1. The van der Waals surface area contributed by atoms with Gasteiger partial charge in [-0.3, -0.25) is 9.59 Å². The molecule has 3 aromatic rings. The molecule has 1 amide bonds. The molecule has 7 nitrogen and oxygen atoms in total. The van der Waals surface area contributed by atoms with Gasteiger partial charge in [-0.1, -0.05) is 23.5 Å². The number of rotatable bonds is 7. The van der Waals surface area contributed by atoms with Gasteiger partial charge in [0.05, 0.1) is 0 Å². The summed E-state index contributed by atoms with van der Waals surface area (Å²) in [5, 5.41) is 7.83. The van der Waals surface area contributed by atoms with Crippen molar-refractivity contribution >= 4 is 39.1 Å². The minimum atomic E-state index is -0.454. The maximum atomic E-state index is 12.7. The van der Waals surface area contributed by atoms with Crippen molar-refractivity contribution < 1.29 is 4.79 Å². The second-order valence-corrected chi connectivity index (χ2v) is 7.57. The highest BCUT2D eigenvalue weighted by atomic mass is 32.2. The number of thioether (sulfide) groups is 1. The Morgan fingerprint density at radius 1 is 1.26 bits per heavy atom. The molecule has 3 rings (SSSR count). The zero-order valence-corrected chi connectivity index (χ0v) is 17.1. The summed E-state index contributed by atoms with van der Waals surface area (Å²) in [4.78, 5) is 33.0. The minimum absolute atomic E-state index is 0.00960. The molecule has 0 radical (unpaired) electrons. The number of fused-ring (bicyclic) bond motifs is 1. The molecule has 0 aliphatic carbocycles. The van der Waals surface area contributed by atoms with E-state index in [2.05, 4.69) is 15.4 Å². The summed E-state index contributed by atoms with van der Waals surface area (Å²) in [5.41, 5.74) is 0.502. The van der Waals surface area contributed by atoms with E-state index in [1.165, 1.54) is 22.0 Å². The molecule has 0 atom stereocenters. The second kappa shape index (κ2) is 8.53. The number of carbonyl (C=O) groups is 1. The number of carbonyl (C=O) groups excluding carboxylic acids is 1. The topological polar surface area (TPSA) is 79.6 Å². The molecule has 0 saturated heterocycles. The average Bonchev–Trinajstić information content (AvgIpc) is 3.13. The first-order valence-corrected chi connectivity index (χ1v) is 10.7. The molecule has 0 unspecified atom stereocenters. The number of nitrogens with zero attached hydrogens (tertiary/aromatic N) is 4. The van der Waals surface area contributed by atoms with E-state index in [4.69, 9.17) is 0 Å². The third-order valence-corrected chi connectivity index (χ3v) is 5.89. The summed E-state index contributed by atoms with van der Waals surface area (Å²) in [7, 11) is 0. The van der Waals surface area contributed by atoms with Gasteiger partial charge in [-0.25, -0.2) is 4.98 Å². The molecule has 0 spiro atoms. The summed E-state index contributed by atoms with van der Waals surface area (Å²) in [6.45, 7) is 5.96. The van der Waals surface area contributed by atoms with E-state index in [0.29, 0.717) is 11.5 Å². The lowest BCUT2D eigenvalue weighted by molar-refractivity contribution is 0.0948. The van der Waals surface area contributed by atoms with Crippen molar-refractivity contribution in [3.8, 4) is 0 Å². The number of hydrogen-bond acceptors (Lipinski definition) is 7. The Kier molecular flexibility index (Phi) is 6.12. The standard InChI is InChI=1S/C18H21N5O2S2/c1-4-22(5-2)18-21-23-16(25)14(11-20-17(23)27-18)15(24)19-10-12-6-8-13(26-3)9-7-12/h6-9,11H,4-5,10H2,1-3H3,(H,19,24). The third kappa shape index (κ3) is 4.14. The van der Waals surface area contributed by atoms with Crippen LogP contribution in [0, 0.1) is 0 Å². The first-order chi connectivity index (χ1) is 13.1. The van der Waals surface area contributed by atoms with Crippen LogP contribution in [0.5, 0.6) is 0 Å². The fraction of sp³-hybridized carbons (Fsp3) is 0.333. The molecule has 27 heavy (non-hydrogen) atoms. The van der Waals surface area contributed by atoms with E-state index < -0.39 is 11.5 Å². The van der Waals surface area contributed by atoms with E-state index in [1.807, 2.05) is 49.3 Å². The Morgan fingerprint density at radius 3 is 2.59 bits per heavy atom. The average molecular weight is 404 g/mol. The van der Waals surface area contributed by atoms with Gasteiger partial charge in [0.2, 0.25) is 10.1 Å². The largest absolute Gasteiger partial charge is 0.348 e. The van der Waals surface area contributed by atoms with Gasteiger partial charge in [-0.15, -0.1) is 16.9 Å². The lowest BCUT2D eigenvalue weighted by Gasteiger charge is -2.15. The highest BCUT2D eigenvalue weighted by Crippen LogP contribution is 2.20. The molecule has 0 aliphatic rings. The molecule has 142 valence electrons. The van der Waals surface area contributed by atoms with Crippen LogP contribution in [0.3, 0.4) is 0 Å². The fourth-order valence-corrected chi connectivity index (χ4v) is 3.97. The van der Waals surface area contributed by atoms with Crippen molar-refractivity contribution in [3.05, 3.63) is 51.9 Å². The number of hydrogen-bond donors (Lipinski definition) is 1. The van der Waals surface area contributed by atoms with Gasteiger partial charge in [0, 0.05) is 30.7 Å². The van der Waals surface area contributed by atoms with E-state index in [9.17, 15) is 9.59 Å². The lowest BCUT2D eigenvalue weighted by atomic mass is 10.2. The fourth-order valence-electron chi connectivity index (χ4n) is 2.57. The number of benzene rings is 1. The van der Waals surface area contributed by atoms with Crippen molar-refractivity contribution in [2.24, 2.45) is 0 Å². The van der Waals surface area contributed by atoms with Gasteiger partial charge in [-0.2, -0.15) is 4.52 Å². The van der Waals surface area contributed by atoms with Crippen LogP contribution in [0.2, 0.25) is 0 Å². The van der Waals surface area contributed by atoms with E-state index in [-0.39, 0.29) is 5.56 Å². The molecular weight excluding hydrogens is 382 g/mol. The Labute approximate surface area is 165 Å². The number of amides is 1. The summed E-state index contributed by atoms with van der Waals surface area (Å²) in [6, 6.07) is 7.91. The van der Waals surface area contributed by atoms with Gasteiger partial charge < -0.3 is 10.2 Å². The predicted octanol–water partition coefficient (Wildman–Crippen LogP) is 2.65. The normalized spacial score (nSPS) is 10.9. The Bertz CT molecular complexity index is 993. The van der Waals surface area contributed by atoms with Crippen LogP contribution < -0.4 is 15.8 Å². The molecular formula is C18H21N5O2S2. The van der Waals surface area contributed by atoms with Crippen molar-refractivity contribution in [1.29, 1.82) is 0 Å². The quantitative estimate of drug-likeness (QED) is 0.611. The van der Waals surface area contributed by atoms with Crippen LogP contribution in [-0.2, 0) is 6.54 Å². The molecule has 9 heteroatoms. The van der Waals surface area contributed by atoms with Gasteiger partial charge in [0.25, 0.3) is 11.5 Å². The highest BCUT2D eigenvalue weighted by Gasteiger charge is 2.17. The second-order valence-electron chi connectivity index (χ2n) is 5.76. The molecule has 1 aromatic carbocycles. The molecule has 2 aromatic heterocycles. The summed E-state index contributed by atoms with van der Waals surface area (Å²) < 4.78 is 1.21. The van der Waals surface area contributed by atoms with Crippen molar-refractivity contribution in [2.45, 2.75) is 25.3 Å². The van der Waals surface area contributed by atoms with Gasteiger partial charge >= 0.3 is 0 Å². The molecule has 2 heterocycles. The monoisotopic (exact) mass is 403 g/mol. The Balaban J connectivity index is 1.79. The maximum absolute atomic E-state index is 12.7. The molecule has 0 saturated carbocycles. The first kappa shape index (κ1) is 19.4. The van der Waals surface area contributed by atoms with Crippen molar-refractivity contribution in [3.63, 3.8) is 0 Å². The van der Waals surface area contributed by atoms with E-state index in [0.717, 1.165) is 28.7 Å². The smallest absolute Gasteiger partial charge is 0.288 e. The lowest BCUT2D eigenvalue weighted by Crippen LogP contribution is -2.31. The first-order valence-electron chi connectivity index (χ1n) is 8.62. The Morgan fingerprint density at radius 2 is 1.96 bits per heavy atom. The van der Waals surface area contributed by atoms with E-state index >= 15 is 0 Å². The third-order valence-electron chi connectivity index (χ3n) is 4.17. The van der Waals surface area contributed by atoms with Crippen LogP contribution in [0.25, 0.3) is 4.96 Å². The van der Waals surface area contributed by atoms with Crippen molar-refractivity contribution in [1.82, 2.24) is 19.9 Å². The van der Waals surface area contributed by atoms with Crippen LogP contribution in [0.15, 0.2) is 40.2 Å². The van der Waals surface area contributed by atoms with Crippen LogP contribution in [0.4, 0.5) is 5.13 Å². The Hall–Kier alpha value is -2.39. The van der Waals surface area contributed by atoms with Crippen molar-refractivity contribution in [2.75, 3.05) is 24.2 Å². The van der Waals surface area contributed by atoms with Gasteiger partial charge in [-0.05, 0) is 37.8 Å². The molecule has 0 aliphatic heterocycles. The zero-order chi connectivity index (χ0) is 19.4. The zero-order valence-electron chi connectivity index (χ0n) is 15.4. The summed E-state index contributed by atoms with van der Waals surface area (Å²) in [6.07, 6.45) is 3.34. The van der Waals surface area contributed by atoms with Gasteiger partial charge in [0.15, 0.2) is 0 Å². The highest BCUT2D eigenvalue weighted by molar-refractivity contribution is 7.98. The van der Waals surface area contributed by atoms with Crippen LogP contribution in [0.1, 0.15) is 29.8 Å². The summed E-state index contributed by atoms with van der Waals surface area (Å²) in [5.74, 6) is -0.451. The molecule has 0 fully saturated rings. The number of aromatic nitrogens is 3. The minimum Gasteiger partial charge on any atom is -0.348 e.